The van der Waals surface area contributed by atoms with Crippen molar-refractivity contribution in [1.29, 1.82) is 0 Å². The molecule has 1 heterocycles. The zero-order chi connectivity index (χ0) is 9.68. The molecule has 0 saturated carbocycles. The average molecular weight is 200 g/mol. The molecule has 0 aliphatic carbocycles. The van der Waals surface area contributed by atoms with Gasteiger partial charge in [0.25, 0.3) is 0 Å². The van der Waals surface area contributed by atoms with Crippen LogP contribution in [0.4, 0.5) is 0 Å². The summed E-state index contributed by atoms with van der Waals surface area (Å²) in [6.45, 7) is 0. The van der Waals surface area contributed by atoms with Crippen LogP contribution in [0.1, 0.15) is 0 Å². The Bertz CT molecular complexity index is 322. The van der Waals surface area contributed by atoms with Crippen LogP contribution in [0.25, 0.3) is 0 Å². The molecular formula is C6H8N4O2S. The van der Waals surface area contributed by atoms with Crippen LogP contribution >= 0.6 is 11.8 Å². The first-order valence-corrected chi connectivity index (χ1v) is 4.18. The highest BCUT2D eigenvalue weighted by Gasteiger charge is 1.98. The SMILES string of the molecule is COC(=O)C=CSc1nncn1N. The molecule has 13 heavy (non-hydrogen) atoms. The molecule has 7 heteroatoms. The van der Waals surface area contributed by atoms with Crippen molar-refractivity contribution in [3.05, 3.63) is 17.8 Å². The minimum absolute atomic E-state index is 0.421. The predicted octanol–water partition coefficient (Wildman–Crippen LogP) is -0.229. The number of nitrogens with zero attached hydrogens (tertiary/aromatic N) is 3. The van der Waals surface area contributed by atoms with Gasteiger partial charge in [-0.15, -0.1) is 10.2 Å². The summed E-state index contributed by atoms with van der Waals surface area (Å²) < 4.78 is 5.64. The van der Waals surface area contributed by atoms with Gasteiger partial charge in [0.1, 0.15) is 6.33 Å². The van der Waals surface area contributed by atoms with Crippen molar-refractivity contribution >= 4 is 17.7 Å². The summed E-state index contributed by atoms with van der Waals surface area (Å²) in [5, 5.41) is 9.27. The topological polar surface area (TPSA) is 83.0 Å². The van der Waals surface area contributed by atoms with Crippen molar-refractivity contribution in [2.45, 2.75) is 5.16 Å². The van der Waals surface area contributed by atoms with Gasteiger partial charge in [-0.2, -0.15) is 0 Å². The van der Waals surface area contributed by atoms with Crippen LogP contribution in [0.15, 0.2) is 23.0 Å². The fourth-order valence-electron chi connectivity index (χ4n) is 0.535. The van der Waals surface area contributed by atoms with Gasteiger partial charge in [-0.25, -0.2) is 9.47 Å². The molecule has 0 spiro atoms. The van der Waals surface area contributed by atoms with Crippen LogP contribution < -0.4 is 5.84 Å². The van der Waals surface area contributed by atoms with Crippen molar-refractivity contribution in [3.63, 3.8) is 0 Å². The Hall–Kier alpha value is -1.50. The Labute approximate surface area is 78.7 Å². The third-order valence-electron chi connectivity index (χ3n) is 1.12. The lowest BCUT2D eigenvalue weighted by Gasteiger charge is -1.93. The maximum Gasteiger partial charge on any atom is 0.330 e. The minimum atomic E-state index is -0.421. The first-order chi connectivity index (χ1) is 6.24. The second kappa shape index (κ2) is 4.51. The van der Waals surface area contributed by atoms with E-state index in [9.17, 15) is 4.79 Å². The summed E-state index contributed by atoms with van der Waals surface area (Å²) in [5.74, 6) is 4.99. The van der Waals surface area contributed by atoms with E-state index in [1.807, 2.05) is 0 Å². The number of thioether (sulfide) groups is 1. The normalized spacial score (nSPS) is 10.5. The first kappa shape index (κ1) is 9.59. The molecule has 0 amide bonds. The molecule has 1 aromatic heterocycles. The fraction of sp³-hybridized carbons (Fsp3) is 0.167. The zero-order valence-electron chi connectivity index (χ0n) is 6.88. The first-order valence-electron chi connectivity index (χ1n) is 3.30. The van der Waals surface area contributed by atoms with E-state index in [1.165, 1.54) is 41.4 Å². The summed E-state index contributed by atoms with van der Waals surface area (Å²) in [6.07, 6.45) is 2.65. The maximum absolute atomic E-state index is 10.6. The zero-order valence-corrected chi connectivity index (χ0v) is 7.69. The van der Waals surface area contributed by atoms with Gasteiger partial charge < -0.3 is 10.6 Å². The summed E-state index contributed by atoms with van der Waals surface area (Å²) >= 11 is 1.18. The second-order valence-electron chi connectivity index (χ2n) is 1.96. The summed E-state index contributed by atoms with van der Waals surface area (Å²) in [7, 11) is 1.31. The quantitative estimate of drug-likeness (QED) is 0.314. The van der Waals surface area contributed by atoms with E-state index in [2.05, 4.69) is 14.9 Å². The predicted molar refractivity (Wildman–Crippen MR) is 47.2 cm³/mol. The molecule has 0 bridgehead atoms. The van der Waals surface area contributed by atoms with Crippen molar-refractivity contribution in [2.75, 3.05) is 13.0 Å². The molecule has 0 aromatic carbocycles. The molecule has 1 aromatic rings. The lowest BCUT2D eigenvalue weighted by atomic mass is 10.7. The number of carbonyl (C=O) groups excluding carboxylic acids is 1. The van der Waals surface area contributed by atoms with Crippen LogP contribution in [0.5, 0.6) is 0 Å². The third kappa shape index (κ3) is 2.79. The van der Waals surface area contributed by atoms with Gasteiger partial charge in [-0.05, 0) is 5.41 Å². The number of esters is 1. The molecule has 0 aliphatic rings. The summed E-state index contributed by atoms with van der Waals surface area (Å²) in [6, 6.07) is 0. The van der Waals surface area contributed by atoms with Crippen LogP contribution in [-0.2, 0) is 9.53 Å². The minimum Gasteiger partial charge on any atom is -0.466 e. The molecule has 0 fully saturated rings. The van der Waals surface area contributed by atoms with E-state index in [0.717, 1.165) is 0 Å². The van der Waals surface area contributed by atoms with Crippen LogP contribution in [0, 0.1) is 0 Å². The van der Waals surface area contributed by atoms with Gasteiger partial charge in [0.05, 0.1) is 7.11 Å². The third-order valence-corrected chi connectivity index (χ3v) is 1.89. The molecule has 2 N–H and O–H groups in total. The highest BCUT2D eigenvalue weighted by Crippen LogP contribution is 2.13. The largest absolute Gasteiger partial charge is 0.466 e. The number of methoxy groups -OCH3 is 1. The molecule has 0 unspecified atom stereocenters. The lowest BCUT2D eigenvalue weighted by molar-refractivity contribution is -0.134. The van der Waals surface area contributed by atoms with Crippen molar-refractivity contribution < 1.29 is 9.53 Å². The number of nitrogen functional groups attached to an aromatic ring is 1. The van der Waals surface area contributed by atoms with E-state index in [1.54, 1.807) is 0 Å². The number of hydrogen-bond donors (Lipinski definition) is 1. The van der Waals surface area contributed by atoms with E-state index in [4.69, 9.17) is 5.84 Å². The molecule has 1 rings (SSSR count). The smallest absolute Gasteiger partial charge is 0.330 e. The van der Waals surface area contributed by atoms with Crippen molar-refractivity contribution in [3.8, 4) is 0 Å². The maximum atomic E-state index is 10.6. The molecule has 0 radical (unpaired) electrons. The molecule has 0 atom stereocenters. The van der Waals surface area contributed by atoms with Gasteiger partial charge in [0.15, 0.2) is 0 Å². The molecule has 70 valence electrons. The number of aromatic nitrogens is 3. The molecule has 0 saturated heterocycles. The Morgan fingerprint density at radius 2 is 2.62 bits per heavy atom. The van der Waals surface area contributed by atoms with Crippen LogP contribution in [-0.4, -0.2) is 28.0 Å². The van der Waals surface area contributed by atoms with Crippen LogP contribution in [0.2, 0.25) is 0 Å². The monoisotopic (exact) mass is 200 g/mol. The Morgan fingerprint density at radius 3 is 3.15 bits per heavy atom. The van der Waals surface area contributed by atoms with Crippen molar-refractivity contribution in [1.82, 2.24) is 14.9 Å². The average Bonchev–Trinajstić information content (AvgIpc) is 2.52. The summed E-state index contributed by atoms with van der Waals surface area (Å²) in [5.41, 5.74) is 0. The molecule has 0 aliphatic heterocycles. The highest BCUT2D eigenvalue weighted by atomic mass is 32.2. The lowest BCUT2D eigenvalue weighted by Crippen LogP contribution is -2.07. The van der Waals surface area contributed by atoms with Gasteiger partial charge in [0, 0.05) is 6.08 Å². The molecule has 6 nitrogen and oxygen atoms in total. The van der Waals surface area contributed by atoms with Gasteiger partial charge in [-0.3, -0.25) is 0 Å². The Morgan fingerprint density at radius 1 is 1.85 bits per heavy atom. The second-order valence-corrected chi connectivity index (χ2v) is 2.84. The number of ether oxygens (including phenoxy) is 1. The standard InChI is InChI=1S/C6H8N4O2S/c1-12-5(11)2-3-13-6-9-8-4-10(6)7/h2-4H,7H2,1H3. The molecular weight excluding hydrogens is 192 g/mol. The number of rotatable bonds is 3. The van der Waals surface area contributed by atoms with Gasteiger partial charge in [0.2, 0.25) is 5.16 Å². The van der Waals surface area contributed by atoms with E-state index in [-0.39, 0.29) is 0 Å². The van der Waals surface area contributed by atoms with Gasteiger partial charge in [-0.1, -0.05) is 11.8 Å². The van der Waals surface area contributed by atoms with E-state index >= 15 is 0 Å². The summed E-state index contributed by atoms with van der Waals surface area (Å²) in [4.78, 5) is 10.6. The number of carbonyl (C=O) groups is 1. The van der Waals surface area contributed by atoms with Crippen LogP contribution in [0.3, 0.4) is 0 Å². The number of nitrogens with two attached hydrogens (primary N) is 1. The van der Waals surface area contributed by atoms with E-state index in [0.29, 0.717) is 5.16 Å². The van der Waals surface area contributed by atoms with Gasteiger partial charge >= 0.3 is 5.97 Å². The Balaban J connectivity index is 2.48. The Kier molecular flexibility index (Phi) is 3.32. The fourth-order valence-corrected chi connectivity index (χ4v) is 1.10. The number of hydrogen-bond acceptors (Lipinski definition) is 6. The van der Waals surface area contributed by atoms with Crippen molar-refractivity contribution in [2.24, 2.45) is 0 Å². The van der Waals surface area contributed by atoms with E-state index < -0.39 is 5.97 Å². The highest BCUT2D eigenvalue weighted by molar-refractivity contribution is 8.02.